The van der Waals surface area contributed by atoms with Crippen LogP contribution in [0.5, 0.6) is 0 Å². The van der Waals surface area contributed by atoms with Crippen LogP contribution in [0.25, 0.3) is 21.5 Å². The van der Waals surface area contributed by atoms with Crippen molar-refractivity contribution in [1.82, 2.24) is 0 Å². The van der Waals surface area contributed by atoms with E-state index in [0.717, 1.165) is 0 Å². The van der Waals surface area contributed by atoms with E-state index in [2.05, 4.69) is 71.6 Å². The van der Waals surface area contributed by atoms with Gasteiger partial charge >= 0.3 is 0 Å². The minimum atomic E-state index is 0.615. The fourth-order valence-electron chi connectivity index (χ4n) is 3.19. The van der Waals surface area contributed by atoms with Gasteiger partial charge in [-0.1, -0.05) is 62.7 Å². The molecule has 0 aliphatic carbocycles. The van der Waals surface area contributed by atoms with E-state index in [4.69, 9.17) is 0 Å². The van der Waals surface area contributed by atoms with Gasteiger partial charge in [0.15, 0.2) is 0 Å². The lowest BCUT2D eigenvalue weighted by Gasteiger charge is -2.17. The molecule has 0 heterocycles. The number of hydrogen-bond donors (Lipinski definition) is 0. The molecule has 3 rings (SSSR count). The lowest BCUT2D eigenvalue weighted by Crippen LogP contribution is -2.03. The van der Waals surface area contributed by atoms with Gasteiger partial charge in [0, 0.05) is 0 Å². The summed E-state index contributed by atoms with van der Waals surface area (Å²) in [5.41, 5.74) is 1.49. The number of rotatable bonds is 3. The van der Waals surface area contributed by atoms with E-state index in [1.165, 1.54) is 45.3 Å². The van der Waals surface area contributed by atoms with Gasteiger partial charge in [-0.3, -0.25) is 0 Å². The van der Waals surface area contributed by atoms with Gasteiger partial charge in [0.25, 0.3) is 0 Å². The first-order chi connectivity index (χ1) is 9.72. The van der Waals surface area contributed by atoms with E-state index in [1.807, 2.05) is 0 Å². The van der Waals surface area contributed by atoms with E-state index in [1.54, 1.807) is 0 Å². The molecule has 1 heteroatoms. The Morgan fingerprint density at radius 2 is 1.75 bits per heavy atom. The molecule has 0 aliphatic rings. The Bertz CT molecular complexity index is 758. The summed E-state index contributed by atoms with van der Waals surface area (Å²) in [6.45, 7) is 4.61. The van der Waals surface area contributed by atoms with Crippen molar-refractivity contribution in [3.63, 3.8) is 0 Å². The van der Waals surface area contributed by atoms with Gasteiger partial charge in [-0.25, -0.2) is 0 Å². The molecule has 2 atom stereocenters. The third-order valence-electron chi connectivity index (χ3n) is 4.21. The van der Waals surface area contributed by atoms with Crippen molar-refractivity contribution in [3.05, 3.63) is 54.1 Å². The average molecular weight is 280 g/mol. The fourth-order valence-corrected chi connectivity index (χ4v) is 3.79. The fraction of sp³-hybridized carbons (Fsp3) is 0.263. The molecular formula is C19H21P. The van der Waals surface area contributed by atoms with Gasteiger partial charge < -0.3 is 0 Å². The highest BCUT2D eigenvalue weighted by Gasteiger charge is 2.12. The van der Waals surface area contributed by atoms with Crippen LogP contribution in [0.4, 0.5) is 0 Å². The third-order valence-corrected chi connectivity index (χ3v) is 4.81. The van der Waals surface area contributed by atoms with Crippen LogP contribution in [-0.4, -0.2) is 0 Å². The van der Waals surface area contributed by atoms with Crippen LogP contribution in [0.15, 0.2) is 48.5 Å². The highest BCUT2D eigenvalue weighted by Crippen LogP contribution is 2.31. The van der Waals surface area contributed by atoms with Gasteiger partial charge in [-0.15, -0.1) is 9.24 Å². The zero-order valence-corrected chi connectivity index (χ0v) is 13.3. The Hall–Kier alpha value is -1.39. The van der Waals surface area contributed by atoms with Gasteiger partial charge in [-0.2, -0.15) is 0 Å². The quantitative estimate of drug-likeness (QED) is 0.445. The molecule has 3 aromatic rings. The predicted molar refractivity (Wildman–Crippen MR) is 94.1 cm³/mol. The molecule has 0 aliphatic heterocycles. The van der Waals surface area contributed by atoms with Crippen LogP contribution < -0.4 is 5.30 Å². The average Bonchev–Trinajstić information content (AvgIpc) is 2.47. The SMILES string of the molecule is CCCC(C)c1cccc2cc3ccccc3c(P)c12. The maximum Gasteiger partial charge on any atom is -0.00710 e. The second-order valence-electron chi connectivity index (χ2n) is 5.65. The molecule has 0 saturated carbocycles. The lowest BCUT2D eigenvalue weighted by atomic mass is 9.90. The molecule has 3 aromatic carbocycles. The number of fused-ring (bicyclic) bond motifs is 2. The van der Waals surface area contributed by atoms with Gasteiger partial charge in [0.05, 0.1) is 0 Å². The van der Waals surface area contributed by atoms with Crippen molar-refractivity contribution < 1.29 is 0 Å². The first kappa shape index (κ1) is 13.6. The normalized spacial score (nSPS) is 12.9. The minimum absolute atomic E-state index is 0.615. The molecule has 0 amide bonds. The molecule has 20 heavy (non-hydrogen) atoms. The minimum Gasteiger partial charge on any atom is -0.104 e. The van der Waals surface area contributed by atoms with Crippen molar-refractivity contribution in [2.24, 2.45) is 0 Å². The first-order valence-corrected chi connectivity index (χ1v) is 8.00. The Morgan fingerprint density at radius 1 is 1.00 bits per heavy atom. The van der Waals surface area contributed by atoms with Crippen molar-refractivity contribution in [1.29, 1.82) is 0 Å². The maximum absolute atomic E-state index is 2.97. The Morgan fingerprint density at radius 3 is 2.55 bits per heavy atom. The Labute approximate surface area is 123 Å². The smallest absolute Gasteiger partial charge is 0.00710 e. The second-order valence-corrected chi connectivity index (χ2v) is 6.22. The van der Waals surface area contributed by atoms with Crippen molar-refractivity contribution in [2.45, 2.75) is 32.6 Å². The van der Waals surface area contributed by atoms with Crippen LogP contribution in [0.2, 0.25) is 0 Å². The molecular weight excluding hydrogens is 259 g/mol. The second kappa shape index (κ2) is 5.54. The molecule has 0 radical (unpaired) electrons. The van der Waals surface area contributed by atoms with Crippen LogP contribution in [-0.2, 0) is 0 Å². The predicted octanol–water partition coefficient (Wildman–Crippen LogP) is 5.40. The van der Waals surface area contributed by atoms with Crippen molar-refractivity contribution in [3.8, 4) is 0 Å². The van der Waals surface area contributed by atoms with Crippen molar-refractivity contribution >= 4 is 36.1 Å². The largest absolute Gasteiger partial charge is 0.104 e. The molecule has 0 nitrogen and oxygen atoms in total. The summed E-state index contributed by atoms with van der Waals surface area (Å²) in [5.74, 6) is 0.615. The summed E-state index contributed by atoms with van der Waals surface area (Å²) in [6, 6.07) is 17.7. The monoisotopic (exact) mass is 280 g/mol. The summed E-state index contributed by atoms with van der Waals surface area (Å²) in [6.07, 6.45) is 2.48. The zero-order chi connectivity index (χ0) is 14.1. The highest BCUT2D eigenvalue weighted by molar-refractivity contribution is 7.29. The summed E-state index contributed by atoms with van der Waals surface area (Å²) >= 11 is 0. The summed E-state index contributed by atoms with van der Waals surface area (Å²) in [5, 5.41) is 6.80. The van der Waals surface area contributed by atoms with Gasteiger partial charge in [0.2, 0.25) is 0 Å². The zero-order valence-electron chi connectivity index (χ0n) is 12.2. The topological polar surface area (TPSA) is 0 Å². The highest BCUT2D eigenvalue weighted by atomic mass is 31.0. The standard InChI is InChI=1S/C19H21P/c1-3-7-13(2)16-11-6-9-15-12-14-8-4-5-10-17(14)19(20)18(15)16/h4-6,8-13H,3,7,20H2,1-2H3. The third kappa shape index (κ3) is 2.23. The molecule has 0 saturated heterocycles. The van der Waals surface area contributed by atoms with Gasteiger partial charge in [-0.05, 0) is 50.8 Å². The molecule has 0 aromatic heterocycles. The molecule has 102 valence electrons. The summed E-state index contributed by atoms with van der Waals surface area (Å²) < 4.78 is 0. The molecule has 0 N–H and O–H groups in total. The summed E-state index contributed by atoms with van der Waals surface area (Å²) in [4.78, 5) is 0. The first-order valence-electron chi connectivity index (χ1n) is 7.42. The van der Waals surface area contributed by atoms with Crippen molar-refractivity contribution in [2.75, 3.05) is 0 Å². The number of hydrogen-bond acceptors (Lipinski definition) is 0. The Kier molecular flexibility index (Phi) is 3.76. The molecule has 0 fully saturated rings. The van der Waals surface area contributed by atoms with E-state index >= 15 is 0 Å². The van der Waals surface area contributed by atoms with Gasteiger partial charge in [0.1, 0.15) is 0 Å². The van der Waals surface area contributed by atoms with E-state index in [-0.39, 0.29) is 0 Å². The molecule has 2 unspecified atom stereocenters. The lowest BCUT2D eigenvalue weighted by molar-refractivity contribution is 0.669. The van der Waals surface area contributed by atoms with E-state index in [9.17, 15) is 0 Å². The van der Waals surface area contributed by atoms with E-state index < -0.39 is 0 Å². The van der Waals surface area contributed by atoms with Crippen LogP contribution in [0, 0.1) is 0 Å². The van der Waals surface area contributed by atoms with E-state index in [0.29, 0.717) is 5.92 Å². The van der Waals surface area contributed by atoms with Crippen LogP contribution in [0.1, 0.15) is 38.2 Å². The molecule has 0 bridgehead atoms. The summed E-state index contributed by atoms with van der Waals surface area (Å²) in [7, 11) is 2.97. The molecule has 0 spiro atoms. The van der Waals surface area contributed by atoms with Crippen LogP contribution in [0.3, 0.4) is 0 Å². The van der Waals surface area contributed by atoms with Crippen LogP contribution >= 0.6 is 9.24 Å². The Balaban J connectivity index is 2.35. The maximum atomic E-state index is 2.97. The number of benzene rings is 3.